The van der Waals surface area contributed by atoms with Gasteiger partial charge in [0, 0.05) is 25.4 Å². The number of allylic oxidation sites excluding steroid dienone is 3. The van der Waals surface area contributed by atoms with Gasteiger partial charge >= 0.3 is 6.18 Å². The monoisotopic (exact) mass is 307 g/mol. The third kappa shape index (κ3) is 4.98. The first-order chi connectivity index (χ1) is 9.79. The topological polar surface area (TPSA) is 73.7 Å². The van der Waals surface area contributed by atoms with E-state index in [-0.39, 0.29) is 19.1 Å². The van der Waals surface area contributed by atoms with Crippen molar-refractivity contribution in [1.29, 1.82) is 0 Å². The van der Waals surface area contributed by atoms with Crippen molar-refractivity contribution in [3.8, 4) is 0 Å². The minimum Gasteiger partial charge on any atom is -0.471 e. The van der Waals surface area contributed by atoms with Crippen LogP contribution in [0.1, 0.15) is 13.3 Å². The molecule has 0 saturated carbocycles. The van der Waals surface area contributed by atoms with Crippen LogP contribution in [0.2, 0.25) is 0 Å². The molecule has 21 heavy (non-hydrogen) atoms. The first kappa shape index (κ1) is 17.4. The number of rotatable bonds is 6. The second-order valence-corrected chi connectivity index (χ2v) is 4.75. The summed E-state index contributed by atoms with van der Waals surface area (Å²) in [5.41, 5.74) is 4.95. The molecule has 4 N–H and O–H groups in total. The third-order valence-electron chi connectivity index (χ3n) is 2.93. The summed E-state index contributed by atoms with van der Waals surface area (Å²) >= 11 is 0. The molecule has 0 amide bonds. The highest BCUT2D eigenvalue weighted by atomic mass is 19.4. The van der Waals surface area contributed by atoms with E-state index in [2.05, 4.69) is 4.74 Å². The summed E-state index contributed by atoms with van der Waals surface area (Å²) in [4.78, 5) is 0. The van der Waals surface area contributed by atoms with Gasteiger partial charge in [0.05, 0.1) is 12.1 Å². The van der Waals surface area contributed by atoms with Crippen molar-refractivity contribution in [2.24, 2.45) is 17.5 Å². The van der Waals surface area contributed by atoms with E-state index in [0.717, 1.165) is 6.08 Å². The van der Waals surface area contributed by atoms with Crippen molar-refractivity contribution in [3.05, 3.63) is 35.4 Å². The van der Waals surface area contributed by atoms with Crippen LogP contribution in [0.5, 0.6) is 0 Å². The predicted octanol–water partition coefficient (Wildman–Crippen LogP) is 2.00. The third-order valence-corrected chi connectivity index (χ3v) is 2.93. The van der Waals surface area contributed by atoms with Crippen molar-refractivity contribution < 1.29 is 22.6 Å². The lowest BCUT2D eigenvalue weighted by atomic mass is 9.89. The average Bonchev–Trinajstić information content (AvgIpc) is 2.36. The van der Waals surface area contributed by atoms with Crippen LogP contribution in [0, 0.1) is 5.92 Å². The maximum atomic E-state index is 13.1. The van der Waals surface area contributed by atoms with Gasteiger partial charge in [-0.3, -0.25) is 0 Å². The van der Waals surface area contributed by atoms with Crippen LogP contribution in [0.4, 0.5) is 13.2 Å². The zero-order valence-electron chi connectivity index (χ0n) is 12.0. The zero-order chi connectivity index (χ0) is 16.0. The van der Waals surface area contributed by atoms with Crippen LogP contribution in [0.15, 0.2) is 35.4 Å². The molecule has 0 aromatic carbocycles. The van der Waals surface area contributed by atoms with Gasteiger partial charge in [-0.15, -0.1) is 0 Å². The number of hydrogen-bond donors (Lipinski definition) is 2. The summed E-state index contributed by atoms with van der Waals surface area (Å²) in [6, 6.07) is 0. The van der Waals surface area contributed by atoms with Crippen LogP contribution in [-0.4, -0.2) is 31.6 Å². The Morgan fingerprint density at radius 2 is 2.14 bits per heavy atom. The van der Waals surface area contributed by atoms with Crippen LogP contribution < -0.4 is 11.6 Å². The molecule has 1 aliphatic carbocycles. The molecular formula is C13H20F3N3O2. The molecule has 0 spiro atoms. The summed E-state index contributed by atoms with van der Waals surface area (Å²) in [6.45, 7) is 1.61. The zero-order valence-corrected chi connectivity index (χ0v) is 12.0. The second-order valence-electron chi connectivity index (χ2n) is 4.75. The van der Waals surface area contributed by atoms with Crippen LogP contribution in [-0.2, 0) is 9.47 Å². The highest BCUT2D eigenvalue weighted by molar-refractivity contribution is 5.36. The van der Waals surface area contributed by atoms with Gasteiger partial charge in [-0.1, -0.05) is 6.92 Å². The van der Waals surface area contributed by atoms with E-state index in [1.54, 1.807) is 6.92 Å². The Labute approximate surface area is 121 Å². The second kappa shape index (κ2) is 7.37. The summed E-state index contributed by atoms with van der Waals surface area (Å²) in [7, 11) is 1.36. The minimum atomic E-state index is -4.49. The normalized spacial score (nSPS) is 19.9. The molecule has 1 aliphatic rings. The molecule has 0 aromatic heterocycles. The van der Waals surface area contributed by atoms with E-state index in [1.165, 1.54) is 24.5 Å². The lowest BCUT2D eigenvalue weighted by Gasteiger charge is -2.28. The van der Waals surface area contributed by atoms with Gasteiger partial charge in [-0.25, -0.2) is 5.84 Å². The smallest absolute Gasteiger partial charge is 0.419 e. The molecule has 120 valence electrons. The molecule has 1 atom stereocenters. The fourth-order valence-corrected chi connectivity index (χ4v) is 2.16. The number of ether oxygens (including phenoxy) is 2. The van der Waals surface area contributed by atoms with Crippen molar-refractivity contribution in [3.63, 3.8) is 0 Å². The minimum absolute atomic E-state index is 0.106. The predicted molar refractivity (Wildman–Crippen MR) is 72.1 cm³/mol. The summed E-state index contributed by atoms with van der Waals surface area (Å²) in [5.74, 6) is 5.09. The van der Waals surface area contributed by atoms with E-state index >= 15 is 0 Å². The number of halogens is 3. The molecule has 1 rings (SSSR count). The maximum Gasteiger partial charge on any atom is 0.419 e. The van der Waals surface area contributed by atoms with E-state index in [0.29, 0.717) is 12.0 Å². The number of alkyl halides is 3. The first-order valence-corrected chi connectivity index (χ1v) is 6.31. The molecule has 0 radical (unpaired) electrons. The Bertz CT molecular complexity index is 444. The van der Waals surface area contributed by atoms with Gasteiger partial charge in [0.1, 0.15) is 5.76 Å². The van der Waals surface area contributed by atoms with Gasteiger partial charge < -0.3 is 20.2 Å². The molecule has 0 saturated heterocycles. The van der Waals surface area contributed by atoms with E-state index < -0.39 is 17.7 Å². The number of methoxy groups -OCH3 is 1. The molecule has 0 heterocycles. The van der Waals surface area contributed by atoms with Gasteiger partial charge in [0.25, 0.3) is 0 Å². The highest BCUT2D eigenvalue weighted by Crippen LogP contribution is 2.39. The Hall–Kier alpha value is -1.67. The number of hydrazine groups is 1. The van der Waals surface area contributed by atoms with Crippen LogP contribution >= 0.6 is 0 Å². The highest BCUT2D eigenvalue weighted by Gasteiger charge is 2.39. The molecule has 0 aromatic rings. The average molecular weight is 307 g/mol. The molecule has 0 fully saturated rings. The first-order valence-electron chi connectivity index (χ1n) is 6.31. The molecule has 0 aliphatic heterocycles. The maximum absolute atomic E-state index is 13.1. The summed E-state index contributed by atoms with van der Waals surface area (Å²) < 4.78 is 49.2. The van der Waals surface area contributed by atoms with Gasteiger partial charge in [-0.2, -0.15) is 13.2 Å². The van der Waals surface area contributed by atoms with E-state index in [4.69, 9.17) is 16.3 Å². The van der Waals surface area contributed by atoms with Crippen molar-refractivity contribution >= 4 is 0 Å². The van der Waals surface area contributed by atoms with E-state index in [1.807, 2.05) is 0 Å². The van der Waals surface area contributed by atoms with Crippen molar-refractivity contribution in [2.75, 3.05) is 20.4 Å². The molecular weight excluding hydrogens is 287 g/mol. The Morgan fingerprint density at radius 1 is 1.48 bits per heavy atom. The Balaban J connectivity index is 3.05. The molecule has 5 nitrogen and oxygen atoms in total. The standard InChI is InChI=1S/C13H20F3N3O2/c1-9-5-10(7-19(18)4-3-17)6-11(13(14,15)16)12(9)21-8-20-2/h3-4,6,9H,5,7-8,17-18H2,1-2H3/b4-3-. The number of hydrogen-bond acceptors (Lipinski definition) is 5. The molecule has 0 bridgehead atoms. The van der Waals surface area contributed by atoms with Gasteiger partial charge in [-0.05, 0) is 18.1 Å². The fraction of sp³-hybridized carbons (Fsp3) is 0.538. The van der Waals surface area contributed by atoms with Crippen LogP contribution in [0.25, 0.3) is 0 Å². The van der Waals surface area contributed by atoms with E-state index in [9.17, 15) is 13.2 Å². The fourth-order valence-electron chi connectivity index (χ4n) is 2.16. The summed E-state index contributed by atoms with van der Waals surface area (Å²) in [5, 5.41) is 1.23. The Kier molecular flexibility index (Phi) is 6.10. The van der Waals surface area contributed by atoms with Gasteiger partial charge in [0.2, 0.25) is 0 Å². The lowest BCUT2D eigenvalue weighted by Crippen LogP contribution is -2.30. The molecule has 1 unspecified atom stereocenters. The summed E-state index contributed by atoms with van der Waals surface area (Å²) in [6.07, 6.45) is -0.383. The largest absolute Gasteiger partial charge is 0.471 e. The SMILES string of the molecule is COCOC1=C(C(F)(F)F)C=C(CN(N)/C=C\N)CC1C. The Morgan fingerprint density at radius 3 is 2.67 bits per heavy atom. The lowest BCUT2D eigenvalue weighted by molar-refractivity contribution is -0.0967. The van der Waals surface area contributed by atoms with Gasteiger partial charge in [0.15, 0.2) is 6.79 Å². The quantitative estimate of drug-likeness (QED) is 0.446. The van der Waals surface area contributed by atoms with Crippen molar-refractivity contribution in [1.82, 2.24) is 5.01 Å². The van der Waals surface area contributed by atoms with Crippen LogP contribution in [0.3, 0.4) is 0 Å². The van der Waals surface area contributed by atoms with Crippen molar-refractivity contribution in [2.45, 2.75) is 19.5 Å². The number of nitrogens with two attached hydrogens (primary N) is 2. The number of nitrogens with zero attached hydrogens (tertiary/aromatic N) is 1. The molecule has 8 heteroatoms.